The number of ketones is 2. The molecule has 4 nitrogen and oxygen atoms in total. The highest BCUT2D eigenvalue weighted by atomic mass is 16.3. The molecule has 0 amide bonds. The molecule has 1 heterocycles. The van der Waals surface area contributed by atoms with Crippen LogP contribution in [-0.4, -0.2) is 28.3 Å². The van der Waals surface area contributed by atoms with Crippen LogP contribution < -0.4 is 0 Å². The standard InChI is InChI=1S/C14H13NO3/c16-7-8-5-12(17)14(18)13(8)10-6-15-11-4-2-1-3-9(10)11/h1-4,6,8,13,15-16H,5,7H2. The number of aromatic nitrogens is 1. The zero-order valence-electron chi connectivity index (χ0n) is 9.72. The highest BCUT2D eigenvalue weighted by Crippen LogP contribution is 2.38. The number of para-hydroxylation sites is 1. The predicted octanol–water partition coefficient (Wildman–Crippen LogP) is 1.40. The fourth-order valence-electron chi connectivity index (χ4n) is 2.76. The lowest BCUT2D eigenvalue weighted by Gasteiger charge is -2.14. The van der Waals surface area contributed by atoms with Crippen LogP contribution >= 0.6 is 0 Å². The molecule has 0 spiro atoms. The molecule has 0 aliphatic heterocycles. The molecule has 2 atom stereocenters. The van der Waals surface area contributed by atoms with Gasteiger partial charge in [-0.3, -0.25) is 9.59 Å². The molecule has 92 valence electrons. The van der Waals surface area contributed by atoms with E-state index in [1.807, 2.05) is 24.3 Å². The van der Waals surface area contributed by atoms with Crippen LogP contribution in [0.1, 0.15) is 17.9 Å². The molecular formula is C14H13NO3. The van der Waals surface area contributed by atoms with Gasteiger partial charge < -0.3 is 10.1 Å². The maximum Gasteiger partial charge on any atom is 0.206 e. The molecule has 1 aliphatic rings. The molecule has 1 fully saturated rings. The summed E-state index contributed by atoms with van der Waals surface area (Å²) in [7, 11) is 0. The molecule has 1 aromatic heterocycles. The number of Topliss-reactive ketones (excluding diaryl/α,β-unsaturated/α-hetero) is 2. The van der Waals surface area contributed by atoms with Gasteiger partial charge in [0, 0.05) is 36.0 Å². The summed E-state index contributed by atoms with van der Waals surface area (Å²) in [6.07, 6.45) is 1.92. The van der Waals surface area contributed by atoms with Gasteiger partial charge in [-0.15, -0.1) is 0 Å². The summed E-state index contributed by atoms with van der Waals surface area (Å²) in [6.45, 7) is -0.137. The Kier molecular flexibility index (Phi) is 2.52. The first-order chi connectivity index (χ1) is 8.72. The van der Waals surface area contributed by atoms with Crippen molar-refractivity contribution in [1.29, 1.82) is 0 Å². The second-order valence-corrected chi connectivity index (χ2v) is 4.70. The molecule has 2 N–H and O–H groups in total. The third kappa shape index (κ3) is 1.49. The Morgan fingerprint density at radius 3 is 2.83 bits per heavy atom. The lowest BCUT2D eigenvalue weighted by atomic mass is 9.88. The van der Waals surface area contributed by atoms with Gasteiger partial charge in [-0.05, 0) is 11.6 Å². The van der Waals surface area contributed by atoms with E-state index in [0.717, 1.165) is 16.5 Å². The van der Waals surface area contributed by atoms with Crippen LogP contribution in [0.5, 0.6) is 0 Å². The quantitative estimate of drug-likeness (QED) is 0.783. The number of nitrogens with one attached hydrogen (secondary N) is 1. The third-order valence-corrected chi connectivity index (χ3v) is 3.67. The van der Waals surface area contributed by atoms with Crippen LogP contribution in [0.15, 0.2) is 30.5 Å². The van der Waals surface area contributed by atoms with E-state index in [2.05, 4.69) is 4.98 Å². The molecule has 2 aromatic rings. The molecule has 1 aromatic carbocycles. The number of benzene rings is 1. The van der Waals surface area contributed by atoms with E-state index >= 15 is 0 Å². The van der Waals surface area contributed by atoms with E-state index in [1.54, 1.807) is 6.20 Å². The van der Waals surface area contributed by atoms with E-state index in [1.165, 1.54) is 0 Å². The van der Waals surface area contributed by atoms with Gasteiger partial charge in [0.2, 0.25) is 5.78 Å². The van der Waals surface area contributed by atoms with E-state index < -0.39 is 5.92 Å². The first kappa shape index (κ1) is 11.2. The Hall–Kier alpha value is -1.94. The highest BCUT2D eigenvalue weighted by Gasteiger charge is 2.42. The number of hydrogen-bond acceptors (Lipinski definition) is 3. The monoisotopic (exact) mass is 243 g/mol. The van der Waals surface area contributed by atoms with Crippen molar-refractivity contribution in [3.63, 3.8) is 0 Å². The molecule has 3 rings (SSSR count). The van der Waals surface area contributed by atoms with Crippen LogP contribution in [0.4, 0.5) is 0 Å². The van der Waals surface area contributed by atoms with E-state index in [9.17, 15) is 14.7 Å². The molecular weight excluding hydrogens is 230 g/mol. The maximum absolute atomic E-state index is 11.9. The van der Waals surface area contributed by atoms with Crippen molar-refractivity contribution in [3.05, 3.63) is 36.0 Å². The minimum atomic E-state index is -0.501. The number of aromatic amines is 1. The van der Waals surface area contributed by atoms with Gasteiger partial charge >= 0.3 is 0 Å². The number of aliphatic hydroxyl groups is 1. The van der Waals surface area contributed by atoms with Crippen LogP contribution in [0, 0.1) is 5.92 Å². The summed E-state index contributed by atoms with van der Waals surface area (Å²) in [5.41, 5.74) is 1.76. The lowest BCUT2D eigenvalue weighted by molar-refractivity contribution is -0.134. The Morgan fingerprint density at radius 2 is 2.06 bits per heavy atom. The Balaban J connectivity index is 2.13. The molecule has 1 saturated carbocycles. The van der Waals surface area contributed by atoms with Crippen molar-refractivity contribution in [2.75, 3.05) is 6.61 Å². The number of hydrogen-bond donors (Lipinski definition) is 2. The molecule has 1 aliphatic carbocycles. The van der Waals surface area contributed by atoms with Crippen LogP contribution in [-0.2, 0) is 9.59 Å². The minimum absolute atomic E-state index is 0.137. The number of rotatable bonds is 2. The van der Waals surface area contributed by atoms with Crippen molar-refractivity contribution in [1.82, 2.24) is 4.98 Å². The normalized spacial score (nSPS) is 24.1. The van der Waals surface area contributed by atoms with Gasteiger partial charge in [-0.2, -0.15) is 0 Å². The summed E-state index contributed by atoms with van der Waals surface area (Å²) >= 11 is 0. The Labute approximate surface area is 104 Å². The predicted molar refractivity (Wildman–Crippen MR) is 66.2 cm³/mol. The molecule has 2 unspecified atom stereocenters. The van der Waals surface area contributed by atoms with Crippen molar-refractivity contribution in [3.8, 4) is 0 Å². The molecule has 4 heteroatoms. The fourth-order valence-corrected chi connectivity index (χ4v) is 2.76. The summed E-state index contributed by atoms with van der Waals surface area (Å²) in [4.78, 5) is 26.6. The molecule has 18 heavy (non-hydrogen) atoms. The number of fused-ring (bicyclic) bond motifs is 1. The second-order valence-electron chi connectivity index (χ2n) is 4.70. The maximum atomic E-state index is 11.9. The Morgan fingerprint density at radius 1 is 1.28 bits per heavy atom. The van der Waals surface area contributed by atoms with Gasteiger partial charge in [-0.1, -0.05) is 18.2 Å². The number of carbonyl (C=O) groups is 2. The average molecular weight is 243 g/mol. The number of aliphatic hydroxyl groups excluding tert-OH is 1. The van der Waals surface area contributed by atoms with E-state index in [4.69, 9.17) is 0 Å². The largest absolute Gasteiger partial charge is 0.396 e. The number of H-pyrrole nitrogens is 1. The van der Waals surface area contributed by atoms with Gasteiger partial charge in [0.1, 0.15) is 0 Å². The van der Waals surface area contributed by atoms with Crippen molar-refractivity contribution >= 4 is 22.5 Å². The summed E-state index contributed by atoms with van der Waals surface area (Å²) < 4.78 is 0. The third-order valence-electron chi connectivity index (χ3n) is 3.67. The summed E-state index contributed by atoms with van der Waals surface area (Å²) in [5, 5.41) is 10.3. The zero-order valence-corrected chi connectivity index (χ0v) is 9.72. The van der Waals surface area contributed by atoms with E-state index in [-0.39, 0.29) is 30.5 Å². The van der Waals surface area contributed by atoms with E-state index in [0.29, 0.717) is 0 Å². The van der Waals surface area contributed by atoms with Crippen molar-refractivity contribution in [2.24, 2.45) is 5.92 Å². The first-order valence-electron chi connectivity index (χ1n) is 5.96. The lowest BCUT2D eigenvalue weighted by Crippen LogP contribution is -2.16. The highest BCUT2D eigenvalue weighted by molar-refractivity contribution is 6.41. The van der Waals surface area contributed by atoms with Crippen LogP contribution in [0.25, 0.3) is 10.9 Å². The van der Waals surface area contributed by atoms with Crippen molar-refractivity contribution in [2.45, 2.75) is 12.3 Å². The molecule has 0 saturated heterocycles. The van der Waals surface area contributed by atoms with Gasteiger partial charge in [0.05, 0.1) is 5.92 Å². The van der Waals surface area contributed by atoms with Gasteiger partial charge in [0.15, 0.2) is 5.78 Å². The molecule has 0 radical (unpaired) electrons. The number of carbonyl (C=O) groups excluding carboxylic acids is 2. The van der Waals surface area contributed by atoms with Gasteiger partial charge in [-0.25, -0.2) is 0 Å². The summed E-state index contributed by atoms with van der Waals surface area (Å²) in [5.74, 6) is -1.54. The first-order valence-corrected chi connectivity index (χ1v) is 5.96. The van der Waals surface area contributed by atoms with Crippen LogP contribution in [0.3, 0.4) is 0 Å². The second kappa shape index (κ2) is 4.07. The molecule has 0 bridgehead atoms. The SMILES string of the molecule is O=C1CC(CO)C(c2c[nH]c3ccccc23)C1=O. The summed E-state index contributed by atoms with van der Waals surface area (Å²) in [6, 6.07) is 7.66. The minimum Gasteiger partial charge on any atom is -0.396 e. The smallest absolute Gasteiger partial charge is 0.206 e. The topological polar surface area (TPSA) is 70.2 Å². The Bertz CT molecular complexity index is 629. The van der Waals surface area contributed by atoms with Crippen LogP contribution in [0.2, 0.25) is 0 Å². The van der Waals surface area contributed by atoms with Gasteiger partial charge in [0.25, 0.3) is 0 Å². The average Bonchev–Trinajstić information content (AvgIpc) is 2.92. The zero-order chi connectivity index (χ0) is 12.7. The fraction of sp³-hybridized carbons (Fsp3) is 0.286. The van der Waals surface area contributed by atoms with Crippen molar-refractivity contribution < 1.29 is 14.7 Å².